The molecule has 25 heavy (non-hydrogen) atoms. The van der Waals surface area contributed by atoms with Crippen molar-refractivity contribution in [3.05, 3.63) is 59.4 Å². The van der Waals surface area contributed by atoms with E-state index in [1.54, 1.807) is 24.3 Å². The van der Waals surface area contributed by atoms with Gasteiger partial charge in [0, 0.05) is 17.3 Å². The Kier molecular flexibility index (Phi) is 5.08. The maximum atomic E-state index is 13.0. The summed E-state index contributed by atoms with van der Waals surface area (Å²) in [6.45, 7) is 0.248. The minimum atomic E-state index is -3.86. The third kappa shape index (κ3) is 3.84. The van der Waals surface area contributed by atoms with Gasteiger partial charge in [0.25, 0.3) is 0 Å². The van der Waals surface area contributed by atoms with Crippen molar-refractivity contribution in [2.75, 3.05) is 11.9 Å². The topological polar surface area (TPSA) is 66.5 Å². The Bertz CT molecular complexity index is 870. The number of halogens is 2. The highest BCUT2D eigenvalue weighted by molar-refractivity contribution is 7.89. The van der Waals surface area contributed by atoms with Crippen molar-refractivity contribution in [2.45, 2.75) is 23.8 Å². The van der Waals surface area contributed by atoms with Gasteiger partial charge in [-0.1, -0.05) is 11.6 Å². The zero-order chi connectivity index (χ0) is 18.0. The number of benzene rings is 2. The molecular weight excluding hydrogens is 367 g/mol. The molecule has 0 bridgehead atoms. The summed E-state index contributed by atoms with van der Waals surface area (Å²) in [6, 6.07) is 10.4. The van der Waals surface area contributed by atoms with Crippen molar-refractivity contribution in [3.63, 3.8) is 0 Å². The summed E-state index contributed by atoms with van der Waals surface area (Å²) in [4.78, 5) is 12.5. The van der Waals surface area contributed by atoms with E-state index < -0.39 is 27.8 Å². The van der Waals surface area contributed by atoms with Crippen LogP contribution < -0.4 is 5.32 Å². The summed E-state index contributed by atoms with van der Waals surface area (Å²) >= 11 is 5.81. The molecule has 0 aliphatic carbocycles. The summed E-state index contributed by atoms with van der Waals surface area (Å²) in [7, 11) is -3.86. The summed E-state index contributed by atoms with van der Waals surface area (Å²) in [5.74, 6) is -0.914. The number of nitrogens with one attached hydrogen (secondary N) is 1. The van der Waals surface area contributed by atoms with Crippen LogP contribution in [-0.2, 0) is 14.8 Å². The Labute approximate surface area is 150 Å². The van der Waals surface area contributed by atoms with Crippen molar-refractivity contribution >= 4 is 33.2 Å². The number of anilines is 1. The van der Waals surface area contributed by atoms with Crippen molar-refractivity contribution in [2.24, 2.45) is 0 Å². The van der Waals surface area contributed by atoms with E-state index in [2.05, 4.69) is 5.32 Å². The highest BCUT2D eigenvalue weighted by atomic mass is 35.5. The SMILES string of the molecule is O=C(Nc1ccc(Cl)cc1)[C@@H]1CCCN1S(=O)(=O)c1ccc(F)cc1. The van der Waals surface area contributed by atoms with Crippen LogP contribution in [-0.4, -0.2) is 31.2 Å². The molecule has 1 aliphatic heterocycles. The van der Waals surface area contributed by atoms with Crippen LogP contribution in [0.5, 0.6) is 0 Å². The zero-order valence-electron chi connectivity index (χ0n) is 13.2. The van der Waals surface area contributed by atoms with E-state index in [1.807, 2.05) is 0 Å². The highest BCUT2D eigenvalue weighted by Crippen LogP contribution is 2.27. The van der Waals surface area contributed by atoms with E-state index in [0.717, 1.165) is 12.1 Å². The van der Waals surface area contributed by atoms with Crippen LogP contribution in [0.2, 0.25) is 5.02 Å². The largest absolute Gasteiger partial charge is 0.325 e. The fraction of sp³-hybridized carbons (Fsp3) is 0.235. The van der Waals surface area contributed by atoms with Gasteiger partial charge in [-0.2, -0.15) is 4.31 Å². The summed E-state index contributed by atoms with van der Waals surface area (Å²) in [5, 5.41) is 3.25. The minimum absolute atomic E-state index is 0.0277. The maximum absolute atomic E-state index is 13.0. The van der Waals surface area contributed by atoms with Gasteiger partial charge in [-0.3, -0.25) is 4.79 Å². The third-order valence-electron chi connectivity index (χ3n) is 4.04. The molecule has 5 nitrogen and oxygen atoms in total. The normalized spacial score (nSPS) is 18.2. The van der Waals surface area contributed by atoms with E-state index in [1.165, 1.54) is 16.4 Å². The van der Waals surface area contributed by atoms with Crippen LogP contribution in [0.15, 0.2) is 53.4 Å². The number of hydrogen-bond donors (Lipinski definition) is 1. The van der Waals surface area contributed by atoms with Crippen molar-refractivity contribution in [1.29, 1.82) is 0 Å². The van der Waals surface area contributed by atoms with Gasteiger partial charge in [-0.05, 0) is 61.4 Å². The first kappa shape index (κ1) is 17.8. The lowest BCUT2D eigenvalue weighted by Gasteiger charge is -2.23. The number of sulfonamides is 1. The van der Waals surface area contributed by atoms with Crippen molar-refractivity contribution in [3.8, 4) is 0 Å². The Balaban J connectivity index is 1.80. The molecule has 2 aromatic carbocycles. The molecule has 1 N–H and O–H groups in total. The van der Waals surface area contributed by atoms with Crippen LogP contribution in [0.4, 0.5) is 10.1 Å². The molecule has 1 amide bonds. The van der Waals surface area contributed by atoms with E-state index in [-0.39, 0.29) is 11.4 Å². The molecule has 0 aromatic heterocycles. The first-order valence-electron chi connectivity index (χ1n) is 7.72. The molecule has 0 unspecified atom stereocenters. The van der Waals surface area contributed by atoms with Crippen LogP contribution in [0.1, 0.15) is 12.8 Å². The Morgan fingerprint density at radius 1 is 1.12 bits per heavy atom. The predicted molar refractivity (Wildman–Crippen MR) is 93.4 cm³/mol. The van der Waals surface area contributed by atoms with Crippen LogP contribution >= 0.6 is 11.6 Å². The van der Waals surface area contributed by atoms with E-state index >= 15 is 0 Å². The van der Waals surface area contributed by atoms with E-state index in [0.29, 0.717) is 23.6 Å². The standard InChI is InChI=1S/C17H16ClFN2O3S/c18-12-3-7-14(8-4-12)20-17(22)16-2-1-11-21(16)25(23,24)15-9-5-13(19)6-10-15/h3-10,16H,1-2,11H2,(H,20,22)/t16-/m0/s1. The van der Waals surface area contributed by atoms with Crippen molar-refractivity contribution in [1.82, 2.24) is 4.31 Å². The molecule has 1 aliphatic rings. The fourth-order valence-electron chi connectivity index (χ4n) is 2.79. The van der Waals surface area contributed by atoms with Crippen LogP contribution in [0.25, 0.3) is 0 Å². The predicted octanol–water partition coefficient (Wildman–Crippen LogP) is 3.27. The molecule has 0 spiro atoms. The highest BCUT2D eigenvalue weighted by Gasteiger charge is 2.39. The molecule has 1 heterocycles. The molecule has 2 aromatic rings. The second kappa shape index (κ2) is 7.11. The van der Waals surface area contributed by atoms with Gasteiger partial charge in [0.05, 0.1) is 4.90 Å². The second-order valence-electron chi connectivity index (χ2n) is 5.72. The number of hydrogen-bond acceptors (Lipinski definition) is 3. The average Bonchev–Trinajstić information content (AvgIpc) is 3.08. The van der Waals surface area contributed by atoms with Gasteiger partial charge in [0.15, 0.2) is 0 Å². The monoisotopic (exact) mass is 382 g/mol. The molecule has 3 rings (SSSR count). The number of carbonyl (C=O) groups excluding carboxylic acids is 1. The Hall–Kier alpha value is -1.96. The van der Waals surface area contributed by atoms with Gasteiger partial charge in [-0.15, -0.1) is 0 Å². The minimum Gasteiger partial charge on any atom is -0.325 e. The first-order valence-corrected chi connectivity index (χ1v) is 9.53. The fourth-order valence-corrected chi connectivity index (χ4v) is 4.57. The third-order valence-corrected chi connectivity index (χ3v) is 6.21. The average molecular weight is 383 g/mol. The van der Waals surface area contributed by atoms with Crippen LogP contribution in [0, 0.1) is 5.82 Å². The molecule has 1 saturated heterocycles. The quantitative estimate of drug-likeness (QED) is 0.882. The number of amides is 1. The number of nitrogens with zero attached hydrogens (tertiary/aromatic N) is 1. The summed E-state index contributed by atoms with van der Waals surface area (Å²) in [5.41, 5.74) is 0.542. The van der Waals surface area contributed by atoms with Gasteiger partial charge < -0.3 is 5.32 Å². The van der Waals surface area contributed by atoms with Gasteiger partial charge in [0.2, 0.25) is 15.9 Å². The second-order valence-corrected chi connectivity index (χ2v) is 8.05. The molecule has 0 radical (unpaired) electrons. The maximum Gasteiger partial charge on any atom is 0.243 e. The molecule has 132 valence electrons. The number of rotatable bonds is 4. The smallest absolute Gasteiger partial charge is 0.243 e. The molecule has 1 fully saturated rings. The van der Waals surface area contributed by atoms with E-state index in [9.17, 15) is 17.6 Å². The lowest BCUT2D eigenvalue weighted by atomic mass is 10.2. The van der Waals surface area contributed by atoms with Gasteiger partial charge in [0.1, 0.15) is 11.9 Å². The van der Waals surface area contributed by atoms with E-state index in [4.69, 9.17) is 11.6 Å². The van der Waals surface area contributed by atoms with Gasteiger partial charge >= 0.3 is 0 Å². The molecule has 1 atom stereocenters. The van der Waals surface area contributed by atoms with Crippen LogP contribution in [0.3, 0.4) is 0 Å². The molecule has 8 heteroatoms. The lowest BCUT2D eigenvalue weighted by Crippen LogP contribution is -2.43. The Morgan fingerprint density at radius 3 is 2.40 bits per heavy atom. The summed E-state index contributed by atoms with van der Waals surface area (Å²) in [6.07, 6.45) is 1.01. The first-order chi connectivity index (χ1) is 11.9. The Morgan fingerprint density at radius 2 is 1.76 bits per heavy atom. The van der Waals surface area contributed by atoms with Gasteiger partial charge in [-0.25, -0.2) is 12.8 Å². The zero-order valence-corrected chi connectivity index (χ0v) is 14.7. The molecule has 0 saturated carbocycles. The molecular formula is C17H16ClFN2O3S. The summed E-state index contributed by atoms with van der Waals surface area (Å²) < 4.78 is 39.7. The van der Waals surface area contributed by atoms with Crippen molar-refractivity contribution < 1.29 is 17.6 Å². The lowest BCUT2D eigenvalue weighted by molar-refractivity contribution is -0.119. The number of carbonyl (C=O) groups is 1.